The van der Waals surface area contributed by atoms with Crippen molar-refractivity contribution >= 4 is 5.91 Å². The molecule has 0 fully saturated rings. The zero-order chi connectivity index (χ0) is 16.9. The molecule has 1 unspecified atom stereocenters. The summed E-state index contributed by atoms with van der Waals surface area (Å²) in [6.45, 7) is 6.42. The molecule has 0 spiro atoms. The minimum Gasteiger partial charge on any atom is -0.481 e. The molecule has 1 aromatic carbocycles. The molecule has 1 N–H and O–H groups in total. The number of carbonyl (C=O) groups is 1. The van der Waals surface area contributed by atoms with Crippen molar-refractivity contribution in [2.75, 3.05) is 7.11 Å². The Morgan fingerprint density at radius 1 is 1.22 bits per heavy atom. The number of pyridine rings is 1. The van der Waals surface area contributed by atoms with E-state index in [0.29, 0.717) is 11.4 Å². The van der Waals surface area contributed by atoms with Gasteiger partial charge in [-0.15, -0.1) is 0 Å². The van der Waals surface area contributed by atoms with Crippen molar-refractivity contribution < 1.29 is 9.53 Å². The Morgan fingerprint density at radius 2 is 1.91 bits per heavy atom. The fraction of sp³-hybridized carbons (Fsp3) is 0.368. The summed E-state index contributed by atoms with van der Waals surface area (Å²) < 4.78 is 5.00. The summed E-state index contributed by atoms with van der Waals surface area (Å²) in [6, 6.07) is 13.8. The molecule has 0 saturated carbocycles. The normalized spacial score (nSPS) is 12.5. The molecule has 23 heavy (non-hydrogen) atoms. The summed E-state index contributed by atoms with van der Waals surface area (Å²) in [6.07, 6.45) is 2.38. The minimum atomic E-state index is -0.114. The Balaban J connectivity index is 1.98. The zero-order valence-corrected chi connectivity index (χ0v) is 14.2. The number of hydrogen-bond acceptors (Lipinski definition) is 3. The van der Waals surface area contributed by atoms with Crippen LogP contribution in [-0.4, -0.2) is 24.0 Å². The van der Waals surface area contributed by atoms with Gasteiger partial charge in [0.25, 0.3) is 5.91 Å². The second kappa shape index (κ2) is 7.27. The Bertz CT molecular complexity index is 636. The van der Waals surface area contributed by atoms with Crippen LogP contribution in [0.1, 0.15) is 43.1 Å². The molecule has 4 heteroatoms. The van der Waals surface area contributed by atoms with Gasteiger partial charge in [0.05, 0.1) is 12.7 Å². The summed E-state index contributed by atoms with van der Waals surface area (Å²) in [5.41, 5.74) is 1.80. The highest BCUT2D eigenvalue weighted by Gasteiger charge is 2.24. The van der Waals surface area contributed by atoms with Crippen LogP contribution < -0.4 is 10.1 Å². The van der Waals surface area contributed by atoms with Crippen LogP contribution in [0, 0.1) is 0 Å². The second-order valence-electron chi connectivity index (χ2n) is 6.42. The molecule has 122 valence electrons. The molecule has 1 atom stereocenters. The lowest BCUT2D eigenvalue weighted by molar-refractivity contribution is 0.0934. The van der Waals surface area contributed by atoms with E-state index in [9.17, 15) is 4.79 Å². The monoisotopic (exact) mass is 312 g/mol. The van der Waals surface area contributed by atoms with Crippen LogP contribution in [0.4, 0.5) is 0 Å². The van der Waals surface area contributed by atoms with E-state index in [1.807, 2.05) is 25.1 Å². The van der Waals surface area contributed by atoms with Gasteiger partial charge >= 0.3 is 0 Å². The molecule has 0 aliphatic rings. The van der Waals surface area contributed by atoms with Crippen LogP contribution >= 0.6 is 0 Å². The van der Waals surface area contributed by atoms with Crippen LogP contribution in [0.3, 0.4) is 0 Å². The molecule has 1 aromatic heterocycles. The van der Waals surface area contributed by atoms with E-state index < -0.39 is 0 Å². The SMILES string of the molecule is COc1ccc(C(=O)NC(C)CC(C)(C)c2ccccc2)cn1. The quantitative estimate of drug-likeness (QED) is 0.887. The van der Waals surface area contributed by atoms with Gasteiger partial charge in [0.1, 0.15) is 0 Å². The number of methoxy groups -OCH3 is 1. The van der Waals surface area contributed by atoms with Crippen LogP contribution in [-0.2, 0) is 5.41 Å². The Morgan fingerprint density at radius 3 is 2.48 bits per heavy atom. The van der Waals surface area contributed by atoms with Crippen LogP contribution in [0.25, 0.3) is 0 Å². The van der Waals surface area contributed by atoms with Gasteiger partial charge < -0.3 is 10.1 Å². The maximum atomic E-state index is 12.3. The Hall–Kier alpha value is -2.36. The standard InChI is InChI=1S/C19H24N2O2/c1-14(12-19(2,3)16-8-6-5-7-9-16)21-18(22)15-10-11-17(23-4)20-13-15/h5-11,13-14H,12H2,1-4H3,(H,21,22). The van der Waals surface area contributed by atoms with Gasteiger partial charge in [-0.1, -0.05) is 44.2 Å². The van der Waals surface area contributed by atoms with Gasteiger partial charge in [-0.25, -0.2) is 4.98 Å². The van der Waals surface area contributed by atoms with E-state index in [0.717, 1.165) is 6.42 Å². The molecule has 2 aromatic rings. The molecule has 0 bridgehead atoms. The molecular weight excluding hydrogens is 288 g/mol. The summed E-state index contributed by atoms with van der Waals surface area (Å²) in [4.78, 5) is 16.3. The minimum absolute atomic E-state index is 0.00782. The highest BCUT2D eigenvalue weighted by Crippen LogP contribution is 2.28. The maximum Gasteiger partial charge on any atom is 0.253 e. The number of ether oxygens (including phenoxy) is 1. The Labute approximate surface area is 137 Å². The largest absolute Gasteiger partial charge is 0.481 e. The van der Waals surface area contributed by atoms with Crippen molar-refractivity contribution in [3.05, 3.63) is 59.8 Å². The average Bonchev–Trinajstić information content (AvgIpc) is 2.55. The van der Waals surface area contributed by atoms with Gasteiger partial charge in [0.15, 0.2) is 0 Å². The molecule has 0 aliphatic carbocycles. The van der Waals surface area contributed by atoms with E-state index in [1.165, 1.54) is 11.8 Å². The van der Waals surface area contributed by atoms with E-state index in [1.54, 1.807) is 19.2 Å². The van der Waals surface area contributed by atoms with E-state index in [2.05, 4.69) is 36.3 Å². The number of rotatable bonds is 6. The van der Waals surface area contributed by atoms with Gasteiger partial charge in [0, 0.05) is 18.3 Å². The number of aromatic nitrogens is 1. The number of hydrogen-bond donors (Lipinski definition) is 1. The van der Waals surface area contributed by atoms with Crippen molar-refractivity contribution in [1.82, 2.24) is 10.3 Å². The van der Waals surface area contributed by atoms with Gasteiger partial charge in [0.2, 0.25) is 5.88 Å². The first kappa shape index (κ1) is 17.0. The lowest BCUT2D eigenvalue weighted by atomic mass is 9.79. The van der Waals surface area contributed by atoms with E-state index in [4.69, 9.17) is 4.74 Å². The first-order valence-corrected chi connectivity index (χ1v) is 7.79. The third-order valence-corrected chi connectivity index (χ3v) is 3.96. The fourth-order valence-corrected chi connectivity index (χ4v) is 2.77. The van der Waals surface area contributed by atoms with Crippen LogP contribution in [0.2, 0.25) is 0 Å². The summed E-state index contributed by atoms with van der Waals surface area (Å²) in [7, 11) is 1.55. The number of amides is 1. The van der Waals surface area contributed by atoms with E-state index >= 15 is 0 Å². The molecule has 2 rings (SSSR count). The first-order valence-electron chi connectivity index (χ1n) is 7.79. The lowest BCUT2D eigenvalue weighted by Crippen LogP contribution is -2.37. The number of nitrogens with one attached hydrogen (secondary N) is 1. The number of benzene rings is 1. The molecule has 4 nitrogen and oxygen atoms in total. The molecule has 0 aliphatic heterocycles. The number of nitrogens with zero attached hydrogens (tertiary/aromatic N) is 1. The molecule has 1 amide bonds. The van der Waals surface area contributed by atoms with Gasteiger partial charge in [-0.2, -0.15) is 0 Å². The summed E-state index contributed by atoms with van der Waals surface area (Å²) in [5.74, 6) is 0.385. The lowest BCUT2D eigenvalue weighted by Gasteiger charge is -2.29. The van der Waals surface area contributed by atoms with Crippen molar-refractivity contribution in [3.8, 4) is 5.88 Å². The second-order valence-corrected chi connectivity index (χ2v) is 6.42. The van der Waals surface area contributed by atoms with Crippen molar-refractivity contribution in [1.29, 1.82) is 0 Å². The van der Waals surface area contributed by atoms with Gasteiger partial charge in [-0.05, 0) is 30.4 Å². The van der Waals surface area contributed by atoms with Crippen molar-refractivity contribution in [2.45, 2.75) is 38.6 Å². The van der Waals surface area contributed by atoms with Crippen molar-refractivity contribution in [3.63, 3.8) is 0 Å². The van der Waals surface area contributed by atoms with Crippen LogP contribution in [0.5, 0.6) is 5.88 Å². The molecular formula is C19H24N2O2. The van der Waals surface area contributed by atoms with Crippen LogP contribution in [0.15, 0.2) is 48.7 Å². The number of carbonyl (C=O) groups excluding carboxylic acids is 1. The summed E-state index contributed by atoms with van der Waals surface area (Å²) >= 11 is 0. The molecule has 0 saturated heterocycles. The smallest absolute Gasteiger partial charge is 0.253 e. The van der Waals surface area contributed by atoms with E-state index in [-0.39, 0.29) is 17.4 Å². The highest BCUT2D eigenvalue weighted by molar-refractivity contribution is 5.94. The third-order valence-electron chi connectivity index (χ3n) is 3.96. The first-order chi connectivity index (χ1) is 10.9. The third kappa shape index (κ3) is 4.55. The maximum absolute atomic E-state index is 12.3. The Kier molecular flexibility index (Phi) is 5.37. The van der Waals surface area contributed by atoms with Crippen molar-refractivity contribution in [2.24, 2.45) is 0 Å². The highest BCUT2D eigenvalue weighted by atomic mass is 16.5. The predicted octanol–water partition coefficient (Wildman–Crippen LogP) is 3.58. The predicted molar refractivity (Wildman–Crippen MR) is 91.8 cm³/mol. The van der Waals surface area contributed by atoms with Gasteiger partial charge in [-0.3, -0.25) is 4.79 Å². The fourth-order valence-electron chi connectivity index (χ4n) is 2.77. The average molecular weight is 312 g/mol. The molecule has 1 heterocycles. The molecule has 0 radical (unpaired) electrons. The summed E-state index contributed by atoms with van der Waals surface area (Å²) in [5, 5.41) is 3.04. The zero-order valence-electron chi connectivity index (χ0n) is 14.2. The topological polar surface area (TPSA) is 51.2 Å².